The number of carboxylic acids is 1. The van der Waals surface area contributed by atoms with E-state index in [0.29, 0.717) is 13.0 Å². The first-order valence-electron chi connectivity index (χ1n) is 5.47. The van der Waals surface area contributed by atoms with Crippen molar-refractivity contribution in [3.05, 3.63) is 0 Å². The van der Waals surface area contributed by atoms with Gasteiger partial charge in [-0.15, -0.1) is 17.0 Å². The number of hydrogen-bond acceptors (Lipinski definition) is 3. The summed E-state index contributed by atoms with van der Waals surface area (Å²) in [5.74, 6) is -0.906. The molecule has 0 unspecified atom stereocenters. The highest BCUT2D eigenvalue weighted by Gasteiger charge is 2.37. The van der Waals surface area contributed by atoms with Crippen molar-refractivity contribution in [2.75, 3.05) is 13.1 Å². The van der Waals surface area contributed by atoms with Gasteiger partial charge in [0.1, 0.15) is 6.04 Å². The van der Waals surface area contributed by atoms with Crippen LogP contribution >= 0.6 is 17.0 Å². The Hall–Kier alpha value is -0.620. The zero-order valence-electron chi connectivity index (χ0n) is 9.02. The maximum atomic E-state index is 12.0. The number of nitrogens with one attached hydrogen (secondary N) is 1. The summed E-state index contributed by atoms with van der Waals surface area (Å²) in [5, 5.41) is 12.1. The Morgan fingerprint density at radius 3 is 2.56 bits per heavy atom. The predicted octanol–water partition coefficient (Wildman–Crippen LogP) is 0.392. The van der Waals surface area contributed by atoms with E-state index in [0.717, 1.165) is 25.8 Å². The van der Waals surface area contributed by atoms with Crippen LogP contribution in [0.1, 0.15) is 25.7 Å². The fourth-order valence-electron chi connectivity index (χ4n) is 2.38. The minimum atomic E-state index is -0.876. The van der Waals surface area contributed by atoms with Gasteiger partial charge in [-0.3, -0.25) is 4.79 Å². The zero-order chi connectivity index (χ0) is 10.8. The van der Waals surface area contributed by atoms with Crippen molar-refractivity contribution < 1.29 is 14.7 Å². The summed E-state index contributed by atoms with van der Waals surface area (Å²) >= 11 is 0. The maximum Gasteiger partial charge on any atom is 0.326 e. The molecule has 0 aromatic carbocycles. The van der Waals surface area contributed by atoms with E-state index in [2.05, 4.69) is 5.32 Å². The van der Waals surface area contributed by atoms with E-state index in [1.165, 1.54) is 4.90 Å². The third kappa shape index (κ3) is 2.55. The molecule has 2 rings (SSSR count). The average molecular weight is 293 g/mol. The standard InChI is InChI=1S/C10H16N2O3.BrH/c13-9(7-3-1-5-11-7)12-6-2-4-8(12)10(14)15;/h7-8,11H,1-6H2,(H,14,15);1H/t7-,8-;/m0./s1. The van der Waals surface area contributed by atoms with Crippen LogP contribution in [0.25, 0.3) is 0 Å². The van der Waals surface area contributed by atoms with E-state index in [9.17, 15) is 9.59 Å². The van der Waals surface area contributed by atoms with Gasteiger partial charge in [0.25, 0.3) is 0 Å². The first kappa shape index (κ1) is 13.4. The zero-order valence-corrected chi connectivity index (χ0v) is 10.7. The Balaban J connectivity index is 0.00000128. The van der Waals surface area contributed by atoms with Crippen LogP contribution in [0.2, 0.25) is 0 Å². The molecular formula is C10H17BrN2O3. The summed E-state index contributed by atoms with van der Waals surface area (Å²) in [4.78, 5) is 24.4. The van der Waals surface area contributed by atoms with Crippen LogP contribution in [0.3, 0.4) is 0 Å². The van der Waals surface area contributed by atoms with Gasteiger partial charge in [-0.2, -0.15) is 0 Å². The molecule has 0 aromatic heterocycles. The number of likely N-dealkylation sites (tertiary alicyclic amines) is 1. The highest BCUT2D eigenvalue weighted by atomic mass is 79.9. The number of halogens is 1. The molecule has 0 aliphatic carbocycles. The van der Waals surface area contributed by atoms with Gasteiger partial charge in [-0.1, -0.05) is 0 Å². The molecule has 5 nitrogen and oxygen atoms in total. The fourth-order valence-corrected chi connectivity index (χ4v) is 2.38. The highest BCUT2D eigenvalue weighted by molar-refractivity contribution is 8.93. The van der Waals surface area contributed by atoms with Gasteiger partial charge in [0, 0.05) is 6.54 Å². The lowest BCUT2D eigenvalue weighted by atomic mass is 10.1. The average Bonchev–Trinajstić information content (AvgIpc) is 2.88. The third-order valence-corrected chi connectivity index (χ3v) is 3.18. The topological polar surface area (TPSA) is 69.6 Å². The molecule has 2 atom stereocenters. The van der Waals surface area contributed by atoms with Crippen LogP contribution in [0, 0.1) is 0 Å². The number of carboxylic acid groups (broad SMARTS) is 1. The molecule has 2 fully saturated rings. The molecule has 1 amide bonds. The quantitative estimate of drug-likeness (QED) is 0.773. The van der Waals surface area contributed by atoms with Gasteiger partial charge in [-0.25, -0.2) is 4.79 Å². The lowest BCUT2D eigenvalue weighted by Crippen LogP contribution is -2.48. The molecule has 92 valence electrons. The van der Waals surface area contributed by atoms with Gasteiger partial charge < -0.3 is 15.3 Å². The SMILES string of the molecule is Br.O=C(O)[C@@H]1CCCN1C(=O)[C@@H]1CCCN1. The Labute approximate surface area is 105 Å². The summed E-state index contributed by atoms with van der Waals surface area (Å²) in [6.07, 6.45) is 3.23. The van der Waals surface area contributed by atoms with E-state index < -0.39 is 12.0 Å². The van der Waals surface area contributed by atoms with Crippen LogP contribution in [-0.4, -0.2) is 47.1 Å². The molecule has 16 heavy (non-hydrogen) atoms. The Morgan fingerprint density at radius 1 is 1.25 bits per heavy atom. The highest BCUT2D eigenvalue weighted by Crippen LogP contribution is 2.20. The van der Waals surface area contributed by atoms with Crippen molar-refractivity contribution in [3.63, 3.8) is 0 Å². The van der Waals surface area contributed by atoms with Crippen LogP contribution in [-0.2, 0) is 9.59 Å². The molecule has 0 spiro atoms. The van der Waals surface area contributed by atoms with E-state index in [1.807, 2.05) is 0 Å². The van der Waals surface area contributed by atoms with Crippen molar-refractivity contribution in [3.8, 4) is 0 Å². The maximum absolute atomic E-state index is 12.0. The summed E-state index contributed by atoms with van der Waals surface area (Å²) < 4.78 is 0. The van der Waals surface area contributed by atoms with Crippen LogP contribution < -0.4 is 5.32 Å². The van der Waals surface area contributed by atoms with Crippen LogP contribution in [0.4, 0.5) is 0 Å². The fraction of sp³-hybridized carbons (Fsp3) is 0.800. The summed E-state index contributed by atoms with van der Waals surface area (Å²) in [5.41, 5.74) is 0. The Morgan fingerprint density at radius 2 is 2.00 bits per heavy atom. The molecule has 0 radical (unpaired) electrons. The van der Waals surface area contributed by atoms with E-state index in [4.69, 9.17) is 5.11 Å². The van der Waals surface area contributed by atoms with Crippen molar-refractivity contribution in [2.24, 2.45) is 0 Å². The minimum Gasteiger partial charge on any atom is -0.480 e. The Kier molecular flexibility index (Phi) is 4.73. The Bertz CT molecular complexity index is 279. The number of aliphatic carboxylic acids is 1. The lowest BCUT2D eigenvalue weighted by Gasteiger charge is -2.24. The molecule has 6 heteroatoms. The van der Waals surface area contributed by atoms with Crippen LogP contribution in [0.5, 0.6) is 0 Å². The predicted molar refractivity (Wildman–Crippen MR) is 63.7 cm³/mol. The largest absolute Gasteiger partial charge is 0.480 e. The molecule has 2 aliphatic rings. The molecule has 2 heterocycles. The normalized spacial score (nSPS) is 28.9. The second-order valence-electron chi connectivity index (χ2n) is 4.18. The van der Waals surface area contributed by atoms with Gasteiger partial charge in [0.05, 0.1) is 6.04 Å². The van der Waals surface area contributed by atoms with Crippen molar-refractivity contribution in [1.29, 1.82) is 0 Å². The molecule has 0 saturated carbocycles. The van der Waals surface area contributed by atoms with E-state index in [-0.39, 0.29) is 28.9 Å². The van der Waals surface area contributed by atoms with Gasteiger partial charge in [0.2, 0.25) is 5.91 Å². The third-order valence-electron chi connectivity index (χ3n) is 3.18. The van der Waals surface area contributed by atoms with E-state index in [1.54, 1.807) is 0 Å². The molecule has 2 saturated heterocycles. The number of carbonyl (C=O) groups is 2. The number of rotatable bonds is 2. The summed E-state index contributed by atoms with van der Waals surface area (Å²) in [6, 6.07) is -0.746. The smallest absolute Gasteiger partial charge is 0.326 e. The molecular weight excluding hydrogens is 276 g/mol. The summed E-state index contributed by atoms with van der Waals surface area (Å²) in [7, 11) is 0. The molecule has 0 bridgehead atoms. The second-order valence-corrected chi connectivity index (χ2v) is 4.18. The number of carbonyl (C=O) groups excluding carboxylic acids is 1. The minimum absolute atomic E-state index is 0. The van der Waals surface area contributed by atoms with Crippen LogP contribution in [0.15, 0.2) is 0 Å². The van der Waals surface area contributed by atoms with Gasteiger partial charge in [-0.05, 0) is 32.2 Å². The number of hydrogen-bond donors (Lipinski definition) is 2. The molecule has 2 aliphatic heterocycles. The van der Waals surface area contributed by atoms with Crippen molar-refractivity contribution in [1.82, 2.24) is 10.2 Å². The van der Waals surface area contributed by atoms with Crippen molar-refractivity contribution >= 4 is 28.9 Å². The lowest BCUT2D eigenvalue weighted by molar-refractivity contribution is -0.148. The van der Waals surface area contributed by atoms with Gasteiger partial charge in [0.15, 0.2) is 0 Å². The monoisotopic (exact) mass is 292 g/mol. The first-order chi connectivity index (χ1) is 7.20. The molecule has 2 N–H and O–H groups in total. The summed E-state index contributed by atoms with van der Waals surface area (Å²) in [6.45, 7) is 1.45. The number of amides is 1. The number of nitrogens with zero attached hydrogens (tertiary/aromatic N) is 1. The van der Waals surface area contributed by atoms with Gasteiger partial charge >= 0.3 is 5.97 Å². The van der Waals surface area contributed by atoms with Crippen molar-refractivity contribution in [2.45, 2.75) is 37.8 Å². The first-order valence-corrected chi connectivity index (χ1v) is 5.47. The molecule has 0 aromatic rings. The van der Waals surface area contributed by atoms with E-state index >= 15 is 0 Å². The second kappa shape index (κ2) is 5.63.